The Morgan fingerprint density at radius 3 is 2.64 bits per heavy atom. The molecule has 2 N–H and O–H groups in total. The van der Waals surface area contributed by atoms with Gasteiger partial charge in [0.2, 0.25) is 0 Å². The summed E-state index contributed by atoms with van der Waals surface area (Å²) < 4.78 is 13.4. The number of nitrogens with zero attached hydrogens (tertiary/aromatic N) is 2. The first kappa shape index (κ1) is 29.5. The van der Waals surface area contributed by atoms with Crippen molar-refractivity contribution in [3.63, 3.8) is 0 Å². The standard InChI is InChI=1S/C35H34ClN3O5/c1-43-33-18-24(34(40)41)9-8-23(33)17-25-21-39(16-4-5-27-13-11-22-10-12-26(36)19-31(22)37-27)32-15-14-28(20-30(25)32)38-35(42)44-29-6-2-3-7-29/h8-15,18-21,29H,2-7,16-17H2,1H3,(H,38,42)(H,40,41). The summed E-state index contributed by atoms with van der Waals surface area (Å²) in [5.74, 6) is -0.488. The highest BCUT2D eigenvalue weighted by Crippen LogP contribution is 2.31. The van der Waals surface area contributed by atoms with E-state index in [9.17, 15) is 14.7 Å². The zero-order chi connectivity index (χ0) is 30.6. The van der Waals surface area contributed by atoms with E-state index in [-0.39, 0.29) is 11.7 Å². The van der Waals surface area contributed by atoms with Crippen molar-refractivity contribution < 1.29 is 24.2 Å². The predicted octanol–water partition coefficient (Wildman–Crippen LogP) is 8.26. The number of nitrogens with one attached hydrogen (secondary N) is 1. The van der Waals surface area contributed by atoms with Crippen molar-refractivity contribution in [3.8, 4) is 5.75 Å². The van der Waals surface area contributed by atoms with Gasteiger partial charge >= 0.3 is 12.1 Å². The molecule has 44 heavy (non-hydrogen) atoms. The van der Waals surface area contributed by atoms with Gasteiger partial charge in [-0.05, 0) is 98.2 Å². The van der Waals surface area contributed by atoms with Crippen molar-refractivity contribution >= 4 is 51.2 Å². The molecule has 226 valence electrons. The van der Waals surface area contributed by atoms with Crippen molar-refractivity contribution in [2.45, 2.75) is 57.6 Å². The number of aryl methyl sites for hydroxylation is 2. The third kappa shape index (κ3) is 6.65. The molecule has 0 unspecified atom stereocenters. The molecule has 0 bridgehead atoms. The molecule has 1 fully saturated rings. The molecule has 2 heterocycles. The van der Waals surface area contributed by atoms with Gasteiger partial charge in [0.05, 0.1) is 18.2 Å². The number of fused-ring (bicyclic) bond motifs is 2. The highest BCUT2D eigenvalue weighted by atomic mass is 35.5. The van der Waals surface area contributed by atoms with Gasteiger partial charge in [-0.15, -0.1) is 0 Å². The molecule has 1 saturated carbocycles. The van der Waals surface area contributed by atoms with Crippen molar-refractivity contribution in [3.05, 3.63) is 100 Å². The normalized spacial score (nSPS) is 13.4. The number of aromatic carboxylic acids is 1. The molecule has 0 spiro atoms. The molecular formula is C35H34ClN3O5. The first-order valence-corrected chi connectivity index (χ1v) is 15.3. The van der Waals surface area contributed by atoms with Crippen molar-refractivity contribution in [2.75, 3.05) is 12.4 Å². The van der Waals surface area contributed by atoms with Gasteiger partial charge in [-0.1, -0.05) is 29.8 Å². The molecule has 8 nitrogen and oxygen atoms in total. The molecule has 2 aromatic heterocycles. The van der Waals surface area contributed by atoms with Crippen LogP contribution in [-0.2, 0) is 24.1 Å². The monoisotopic (exact) mass is 611 g/mol. The lowest BCUT2D eigenvalue weighted by molar-refractivity contribution is 0.0696. The van der Waals surface area contributed by atoms with E-state index >= 15 is 0 Å². The predicted molar refractivity (Wildman–Crippen MR) is 172 cm³/mol. The van der Waals surface area contributed by atoms with E-state index in [1.54, 1.807) is 25.3 Å². The minimum absolute atomic E-state index is 0.0225. The number of benzene rings is 3. The Morgan fingerprint density at radius 2 is 1.84 bits per heavy atom. The van der Waals surface area contributed by atoms with E-state index in [1.165, 1.54) is 0 Å². The smallest absolute Gasteiger partial charge is 0.411 e. The Kier molecular flexibility index (Phi) is 8.70. The largest absolute Gasteiger partial charge is 0.496 e. The minimum atomic E-state index is -1.00. The van der Waals surface area contributed by atoms with Gasteiger partial charge in [-0.3, -0.25) is 10.3 Å². The molecule has 9 heteroatoms. The van der Waals surface area contributed by atoms with E-state index in [2.05, 4.69) is 28.2 Å². The van der Waals surface area contributed by atoms with Gasteiger partial charge in [0.25, 0.3) is 0 Å². The second-order valence-corrected chi connectivity index (χ2v) is 11.7. The number of hydrogen-bond donors (Lipinski definition) is 2. The number of methoxy groups -OCH3 is 1. The number of carboxylic acid groups (broad SMARTS) is 1. The van der Waals surface area contributed by atoms with Crippen molar-refractivity contribution in [2.24, 2.45) is 0 Å². The number of rotatable bonds is 10. The Balaban J connectivity index is 1.26. The summed E-state index contributed by atoms with van der Waals surface area (Å²) in [7, 11) is 1.54. The number of anilines is 1. The van der Waals surface area contributed by atoms with E-state index in [0.717, 1.165) is 83.7 Å². The molecule has 0 saturated heterocycles. The lowest BCUT2D eigenvalue weighted by atomic mass is 10.0. The summed E-state index contributed by atoms with van der Waals surface area (Å²) in [6.07, 6.45) is 7.85. The Labute approximate surface area is 260 Å². The van der Waals surface area contributed by atoms with Crippen molar-refractivity contribution in [1.82, 2.24) is 9.55 Å². The molecule has 1 amide bonds. The van der Waals surface area contributed by atoms with Gasteiger partial charge < -0.3 is 19.1 Å². The SMILES string of the molecule is COc1cc(C(=O)O)ccc1Cc1cn(CCCc2ccc3ccc(Cl)cc3n2)c2ccc(NC(=O)OC3CCCC3)cc12. The topological polar surface area (TPSA) is 103 Å². The summed E-state index contributed by atoms with van der Waals surface area (Å²) >= 11 is 6.18. The number of carboxylic acids is 1. The van der Waals surface area contributed by atoms with Crippen LogP contribution < -0.4 is 10.1 Å². The number of halogens is 1. The van der Waals surface area contributed by atoms with E-state index < -0.39 is 12.1 Å². The highest BCUT2D eigenvalue weighted by Gasteiger charge is 2.20. The van der Waals surface area contributed by atoms with Crippen LogP contribution in [0.15, 0.2) is 72.9 Å². The molecule has 0 atom stereocenters. The number of hydrogen-bond acceptors (Lipinski definition) is 5. The van der Waals surface area contributed by atoms with Crippen LogP contribution in [0.3, 0.4) is 0 Å². The van der Waals surface area contributed by atoms with Gasteiger partial charge in [0.1, 0.15) is 11.9 Å². The number of aromatic nitrogens is 2. The number of pyridine rings is 1. The molecular weight excluding hydrogens is 578 g/mol. The lowest BCUT2D eigenvalue weighted by Crippen LogP contribution is -2.20. The van der Waals surface area contributed by atoms with Gasteiger partial charge in [-0.2, -0.15) is 0 Å². The maximum absolute atomic E-state index is 12.6. The van der Waals surface area contributed by atoms with E-state index in [4.69, 9.17) is 26.1 Å². The fourth-order valence-corrected chi connectivity index (χ4v) is 6.18. The van der Waals surface area contributed by atoms with E-state index in [0.29, 0.717) is 22.9 Å². The summed E-state index contributed by atoms with van der Waals surface area (Å²) in [6.45, 7) is 0.761. The number of amides is 1. The highest BCUT2D eigenvalue weighted by molar-refractivity contribution is 6.31. The third-order valence-corrected chi connectivity index (χ3v) is 8.48. The quantitative estimate of drug-likeness (QED) is 0.165. The Morgan fingerprint density at radius 1 is 1.02 bits per heavy atom. The Bertz CT molecular complexity index is 1840. The molecule has 0 aliphatic heterocycles. The number of ether oxygens (including phenoxy) is 2. The van der Waals surface area contributed by atoms with E-state index in [1.807, 2.05) is 36.4 Å². The fraction of sp³-hybridized carbons (Fsp3) is 0.286. The summed E-state index contributed by atoms with van der Waals surface area (Å²) in [4.78, 5) is 28.9. The van der Waals surface area contributed by atoms with Crippen molar-refractivity contribution in [1.29, 1.82) is 0 Å². The third-order valence-electron chi connectivity index (χ3n) is 8.24. The fourth-order valence-electron chi connectivity index (χ4n) is 6.01. The number of carbonyl (C=O) groups excluding carboxylic acids is 1. The van der Waals surface area contributed by atoms with Gasteiger partial charge in [-0.25, -0.2) is 9.59 Å². The number of carbonyl (C=O) groups is 2. The zero-order valence-electron chi connectivity index (χ0n) is 24.5. The minimum Gasteiger partial charge on any atom is -0.496 e. The molecule has 1 aliphatic carbocycles. The maximum atomic E-state index is 12.6. The first-order valence-electron chi connectivity index (χ1n) is 14.9. The van der Waals surface area contributed by atoms with Crippen LogP contribution in [0.4, 0.5) is 10.5 Å². The van der Waals surface area contributed by atoms with Crippen LogP contribution in [0.2, 0.25) is 5.02 Å². The average Bonchev–Trinajstić information content (AvgIpc) is 3.64. The molecule has 5 aromatic rings. The maximum Gasteiger partial charge on any atom is 0.411 e. The molecule has 1 aliphatic rings. The zero-order valence-corrected chi connectivity index (χ0v) is 25.3. The van der Waals surface area contributed by atoms with Gasteiger partial charge in [0, 0.05) is 51.9 Å². The second-order valence-electron chi connectivity index (χ2n) is 11.3. The van der Waals surface area contributed by atoms with Crippen LogP contribution in [0.5, 0.6) is 5.75 Å². The molecule has 3 aromatic carbocycles. The lowest BCUT2D eigenvalue weighted by Gasteiger charge is -2.13. The average molecular weight is 612 g/mol. The van der Waals surface area contributed by atoms with Crippen LogP contribution in [0.1, 0.15) is 59.3 Å². The summed E-state index contributed by atoms with van der Waals surface area (Å²) in [5, 5.41) is 15.1. The van der Waals surface area contributed by atoms with Crippen LogP contribution >= 0.6 is 11.6 Å². The molecule has 0 radical (unpaired) electrons. The Hall–Kier alpha value is -4.56. The van der Waals surface area contributed by atoms with Crippen LogP contribution in [-0.4, -0.2) is 39.9 Å². The summed E-state index contributed by atoms with van der Waals surface area (Å²) in [6, 6.07) is 20.7. The van der Waals surface area contributed by atoms with Crippen LogP contribution in [0.25, 0.3) is 21.8 Å². The second kappa shape index (κ2) is 13.0. The van der Waals surface area contributed by atoms with Crippen LogP contribution in [0, 0.1) is 0 Å². The van der Waals surface area contributed by atoms with Gasteiger partial charge in [0.15, 0.2) is 0 Å². The summed E-state index contributed by atoms with van der Waals surface area (Å²) in [5.41, 5.74) is 5.66. The first-order chi connectivity index (χ1) is 21.4. The molecule has 6 rings (SSSR count).